The number of hydrogen-bond acceptors (Lipinski definition) is 5. The van der Waals surface area contributed by atoms with E-state index in [1.165, 1.54) is 5.56 Å². The first-order valence-corrected chi connectivity index (χ1v) is 11.2. The Morgan fingerprint density at radius 1 is 0.968 bits per heavy atom. The smallest absolute Gasteiger partial charge is 0.161 e. The lowest BCUT2D eigenvalue weighted by molar-refractivity contribution is 0.122. The van der Waals surface area contributed by atoms with Gasteiger partial charge in [-0.25, -0.2) is 9.97 Å². The summed E-state index contributed by atoms with van der Waals surface area (Å²) in [6, 6.07) is 18.1. The number of β-amino-alcohol motifs (C(OH)–C–C–N with tert-alkyl or cyclic N) is 1. The van der Waals surface area contributed by atoms with Crippen LogP contribution in [0.4, 0.5) is 5.82 Å². The van der Waals surface area contributed by atoms with Crippen LogP contribution in [0.3, 0.4) is 0 Å². The van der Waals surface area contributed by atoms with Gasteiger partial charge in [0.05, 0.1) is 6.10 Å². The van der Waals surface area contributed by atoms with Gasteiger partial charge < -0.3 is 10.0 Å². The first-order chi connectivity index (χ1) is 15.0. The van der Waals surface area contributed by atoms with E-state index in [9.17, 15) is 5.11 Å². The van der Waals surface area contributed by atoms with E-state index in [-0.39, 0.29) is 6.10 Å². The molecule has 6 heteroatoms. The van der Waals surface area contributed by atoms with Crippen molar-refractivity contribution in [2.75, 3.05) is 37.6 Å². The van der Waals surface area contributed by atoms with Gasteiger partial charge in [0.25, 0.3) is 0 Å². The Morgan fingerprint density at radius 2 is 1.65 bits per heavy atom. The van der Waals surface area contributed by atoms with Crippen LogP contribution in [0, 0.1) is 6.92 Å². The molecule has 0 unspecified atom stereocenters. The molecule has 1 atom stereocenters. The van der Waals surface area contributed by atoms with Crippen molar-refractivity contribution in [1.29, 1.82) is 0 Å². The highest BCUT2D eigenvalue weighted by Crippen LogP contribution is 2.28. The van der Waals surface area contributed by atoms with Crippen molar-refractivity contribution in [3.63, 3.8) is 0 Å². The summed E-state index contributed by atoms with van der Waals surface area (Å²) >= 11 is 6.08. The van der Waals surface area contributed by atoms with Crippen LogP contribution in [-0.2, 0) is 6.42 Å². The zero-order chi connectivity index (χ0) is 21.8. The Kier molecular flexibility index (Phi) is 6.86. The van der Waals surface area contributed by atoms with Crippen LogP contribution in [0.25, 0.3) is 11.4 Å². The van der Waals surface area contributed by atoms with Crippen LogP contribution in [0.2, 0.25) is 5.02 Å². The molecule has 1 fully saturated rings. The molecule has 4 rings (SSSR count). The highest BCUT2D eigenvalue weighted by atomic mass is 35.5. The van der Waals surface area contributed by atoms with E-state index in [4.69, 9.17) is 21.6 Å². The predicted octanol–water partition coefficient (Wildman–Crippen LogP) is 4.20. The molecule has 31 heavy (non-hydrogen) atoms. The zero-order valence-electron chi connectivity index (χ0n) is 18.1. The Labute approximate surface area is 189 Å². The van der Waals surface area contributed by atoms with Gasteiger partial charge in [-0.05, 0) is 31.5 Å². The average molecular weight is 437 g/mol. The standard InChI is InChI=1S/C25H29ClN4O/c1-18(31)17-29-12-14-30(15-13-29)25-23(16-20-8-10-22(26)11-9-20)19(2)27-24(28-25)21-6-4-3-5-7-21/h3-11,18,31H,12-17H2,1-2H3/t18-/m1/s1. The molecule has 1 saturated heterocycles. The zero-order valence-corrected chi connectivity index (χ0v) is 18.9. The molecule has 0 saturated carbocycles. The normalized spacial score (nSPS) is 15.8. The third kappa shape index (κ3) is 5.42. The maximum atomic E-state index is 9.73. The predicted molar refractivity (Wildman–Crippen MR) is 127 cm³/mol. The van der Waals surface area contributed by atoms with Gasteiger partial charge >= 0.3 is 0 Å². The number of aliphatic hydroxyl groups is 1. The Bertz CT molecular complexity index is 1000. The van der Waals surface area contributed by atoms with E-state index < -0.39 is 0 Å². The average Bonchev–Trinajstić information content (AvgIpc) is 2.77. The maximum absolute atomic E-state index is 9.73. The van der Waals surface area contributed by atoms with Crippen LogP contribution >= 0.6 is 11.6 Å². The summed E-state index contributed by atoms with van der Waals surface area (Å²) in [4.78, 5) is 14.6. The van der Waals surface area contributed by atoms with Crippen LogP contribution in [0.5, 0.6) is 0 Å². The number of rotatable bonds is 6. The number of piperazine rings is 1. The number of aromatic nitrogens is 2. The van der Waals surface area contributed by atoms with Gasteiger partial charge in [-0.1, -0.05) is 54.1 Å². The number of anilines is 1. The lowest BCUT2D eigenvalue weighted by Crippen LogP contribution is -2.48. The molecule has 162 valence electrons. The van der Waals surface area contributed by atoms with E-state index >= 15 is 0 Å². The fraction of sp³-hybridized carbons (Fsp3) is 0.360. The monoisotopic (exact) mass is 436 g/mol. The van der Waals surface area contributed by atoms with Crippen molar-refractivity contribution in [3.05, 3.63) is 76.4 Å². The molecule has 0 spiro atoms. The third-order valence-electron chi connectivity index (χ3n) is 5.71. The van der Waals surface area contributed by atoms with Gasteiger partial charge in [0, 0.05) is 61.0 Å². The van der Waals surface area contributed by atoms with Gasteiger partial charge in [0.15, 0.2) is 5.82 Å². The quantitative estimate of drug-likeness (QED) is 0.627. The molecule has 1 N–H and O–H groups in total. The van der Waals surface area contributed by atoms with Crippen molar-refractivity contribution in [3.8, 4) is 11.4 Å². The number of aliphatic hydroxyl groups excluding tert-OH is 1. The SMILES string of the molecule is Cc1nc(-c2ccccc2)nc(N2CCN(C[C@@H](C)O)CC2)c1Cc1ccc(Cl)cc1. The number of aryl methyl sites for hydroxylation is 1. The minimum Gasteiger partial charge on any atom is -0.392 e. The molecule has 0 amide bonds. The molecule has 2 heterocycles. The molecule has 0 bridgehead atoms. The summed E-state index contributed by atoms with van der Waals surface area (Å²) in [5.41, 5.74) is 4.38. The number of hydrogen-bond donors (Lipinski definition) is 1. The van der Waals surface area contributed by atoms with Gasteiger partial charge in [-0.3, -0.25) is 4.90 Å². The van der Waals surface area contributed by atoms with Gasteiger partial charge in [0.1, 0.15) is 5.82 Å². The fourth-order valence-electron chi connectivity index (χ4n) is 4.09. The van der Waals surface area contributed by atoms with E-state index in [1.54, 1.807) is 0 Å². The Hall–Kier alpha value is -2.47. The molecule has 1 aliphatic rings. The second kappa shape index (κ2) is 9.77. The van der Waals surface area contributed by atoms with E-state index in [0.717, 1.165) is 66.1 Å². The molecule has 0 aliphatic carbocycles. The fourth-order valence-corrected chi connectivity index (χ4v) is 4.21. The lowest BCUT2D eigenvalue weighted by Gasteiger charge is -2.37. The molecular weight excluding hydrogens is 408 g/mol. The molecular formula is C25H29ClN4O. The summed E-state index contributed by atoms with van der Waals surface area (Å²) in [6.45, 7) is 8.21. The second-order valence-corrected chi connectivity index (χ2v) is 8.68. The third-order valence-corrected chi connectivity index (χ3v) is 5.96. The van der Waals surface area contributed by atoms with Crippen molar-refractivity contribution in [1.82, 2.24) is 14.9 Å². The molecule has 1 aliphatic heterocycles. The molecule has 0 radical (unpaired) electrons. The Balaban J connectivity index is 1.67. The van der Waals surface area contributed by atoms with Crippen molar-refractivity contribution in [2.45, 2.75) is 26.4 Å². The van der Waals surface area contributed by atoms with Crippen LogP contribution < -0.4 is 4.90 Å². The molecule has 1 aromatic heterocycles. The van der Waals surface area contributed by atoms with Gasteiger partial charge in [-0.2, -0.15) is 0 Å². The Morgan fingerprint density at radius 3 is 2.29 bits per heavy atom. The summed E-state index contributed by atoms with van der Waals surface area (Å²) in [5.74, 6) is 1.78. The number of halogens is 1. The highest BCUT2D eigenvalue weighted by molar-refractivity contribution is 6.30. The second-order valence-electron chi connectivity index (χ2n) is 8.24. The molecule has 2 aromatic carbocycles. The van der Waals surface area contributed by atoms with Gasteiger partial charge in [0.2, 0.25) is 0 Å². The van der Waals surface area contributed by atoms with E-state index in [0.29, 0.717) is 6.54 Å². The van der Waals surface area contributed by atoms with Crippen molar-refractivity contribution < 1.29 is 5.11 Å². The van der Waals surface area contributed by atoms with Crippen LogP contribution in [0.1, 0.15) is 23.7 Å². The van der Waals surface area contributed by atoms with Crippen molar-refractivity contribution in [2.24, 2.45) is 0 Å². The number of benzene rings is 2. The summed E-state index contributed by atoms with van der Waals surface area (Å²) in [7, 11) is 0. The summed E-state index contributed by atoms with van der Waals surface area (Å²) < 4.78 is 0. The number of nitrogens with zero attached hydrogens (tertiary/aromatic N) is 4. The van der Waals surface area contributed by atoms with Crippen LogP contribution in [0.15, 0.2) is 54.6 Å². The molecule has 3 aromatic rings. The lowest BCUT2D eigenvalue weighted by atomic mass is 10.0. The van der Waals surface area contributed by atoms with E-state index in [2.05, 4.69) is 41.0 Å². The van der Waals surface area contributed by atoms with E-state index in [1.807, 2.05) is 37.3 Å². The van der Waals surface area contributed by atoms with Crippen molar-refractivity contribution >= 4 is 17.4 Å². The highest BCUT2D eigenvalue weighted by Gasteiger charge is 2.23. The topological polar surface area (TPSA) is 52.5 Å². The largest absolute Gasteiger partial charge is 0.392 e. The molecule has 5 nitrogen and oxygen atoms in total. The van der Waals surface area contributed by atoms with Crippen LogP contribution in [-0.4, -0.2) is 58.8 Å². The maximum Gasteiger partial charge on any atom is 0.161 e. The minimum absolute atomic E-state index is 0.307. The first kappa shape index (κ1) is 21.8. The van der Waals surface area contributed by atoms with Gasteiger partial charge in [-0.15, -0.1) is 0 Å². The summed E-state index contributed by atoms with van der Waals surface area (Å²) in [6.07, 6.45) is 0.458. The first-order valence-electron chi connectivity index (χ1n) is 10.8. The minimum atomic E-state index is -0.307. The summed E-state index contributed by atoms with van der Waals surface area (Å²) in [5, 5.41) is 10.5.